The second-order valence-corrected chi connectivity index (χ2v) is 12.2. The van der Waals surface area contributed by atoms with Crippen LogP contribution in [0.4, 0.5) is 0 Å². The zero-order valence-corrected chi connectivity index (χ0v) is 19.8. The molecular formula is C26H40O5. The van der Waals surface area contributed by atoms with Gasteiger partial charge in [0.25, 0.3) is 0 Å². The van der Waals surface area contributed by atoms with Crippen LogP contribution in [-0.4, -0.2) is 44.7 Å². The van der Waals surface area contributed by atoms with E-state index in [0.717, 1.165) is 32.1 Å². The molecule has 3 saturated carbocycles. The monoisotopic (exact) mass is 432 g/mol. The Morgan fingerprint density at radius 3 is 2.52 bits per heavy atom. The Kier molecular flexibility index (Phi) is 5.39. The molecule has 31 heavy (non-hydrogen) atoms. The van der Waals surface area contributed by atoms with Crippen LogP contribution in [0.25, 0.3) is 0 Å². The fourth-order valence-corrected chi connectivity index (χ4v) is 8.38. The molecule has 174 valence electrons. The van der Waals surface area contributed by atoms with Crippen LogP contribution in [0.5, 0.6) is 0 Å². The fraction of sp³-hybridized carbons (Fsp3) is 0.846. The predicted molar refractivity (Wildman–Crippen MR) is 118 cm³/mol. The number of fused-ring (bicyclic) bond motifs is 2. The number of hydrogen-bond acceptors (Lipinski definition) is 5. The highest BCUT2D eigenvalue weighted by Gasteiger charge is 2.72. The topological polar surface area (TPSA) is 94.8 Å². The van der Waals surface area contributed by atoms with Crippen molar-refractivity contribution in [2.24, 2.45) is 34.0 Å². The number of carbonyl (C=O) groups excluding carboxylic acids is 2. The maximum Gasteiger partial charge on any atom is 0.160 e. The Morgan fingerprint density at radius 1 is 1.19 bits per heavy atom. The van der Waals surface area contributed by atoms with E-state index in [9.17, 15) is 24.9 Å². The maximum atomic E-state index is 13.7. The zero-order chi connectivity index (χ0) is 23.0. The van der Waals surface area contributed by atoms with Crippen molar-refractivity contribution >= 4 is 11.6 Å². The lowest BCUT2D eigenvalue weighted by Gasteiger charge is -2.61. The highest BCUT2D eigenvalue weighted by Crippen LogP contribution is 2.74. The minimum Gasteiger partial charge on any atom is -0.390 e. The van der Waals surface area contributed by atoms with Gasteiger partial charge in [-0.05, 0) is 81.6 Å². The molecule has 4 rings (SSSR count). The van der Waals surface area contributed by atoms with Crippen molar-refractivity contribution in [1.82, 2.24) is 0 Å². The molecule has 5 nitrogen and oxygen atoms in total. The van der Waals surface area contributed by atoms with Gasteiger partial charge in [-0.25, -0.2) is 0 Å². The molecule has 0 aliphatic heterocycles. The van der Waals surface area contributed by atoms with Crippen molar-refractivity contribution in [2.45, 2.75) is 104 Å². The highest BCUT2D eigenvalue weighted by molar-refractivity contribution is 6.04. The summed E-state index contributed by atoms with van der Waals surface area (Å²) < 4.78 is 0. The first kappa shape index (κ1) is 23.1. The Balaban J connectivity index is 1.75. The molecule has 3 fully saturated rings. The Morgan fingerprint density at radius 2 is 1.87 bits per heavy atom. The number of aliphatic hydroxyl groups is 3. The lowest BCUT2D eigenvalue weighted by atomic mass is 9.41. The maximum absolute atomic E-state index is 13.7. The van der Waals surface area contributed by atoms with E-state index in [4.69, 9.17) is 0 Å². The number of rotatable bonds is 4. The quantitative estimate of drug-likeness (QED) is 0.631. The molecular weight excluding hydrogens is 392 g/mol. The molecule has 0 aromatic carbocycles. The van der Waals surface area contributed by atoms with E-state index < -0.39 is 28.6 Å². The second kappa shape index (κ2) is 7.23. The van der Waals surface area contributed by atoms with Crippen molar-refractivity contribution in [3.8, 4) is 0 Å². The van der Waals surface area contributed by atoms with Crippen molar-refractivity contribution in [1.29, 1.82) is 0 Å². The summed E-state index contributed by atoms with van der Waals surface area (Å²) >= 11 is 0. The first-order chi connectivity index (χ1) is 14.3. The summed E-state index contributed by atoms with van der Waals surface area (Å²) in [7, 11) is 0. The van der Waals surface area contributed by atoms with Gasteiger partial charge in [0.2, 0.25) is 0 Å². The van der Waals surface area contributed by atoms with Crippen molar-refractivity contribution < 1.29 is 24.9 Å². The van der Waals surface area contributed by atoms with E-state index in [1.54, 1.807) is 6.08 Å². The third kappa shape index (κ3) is 3.21. The summed E-state index contributed by atoms with van der Waals surface area (Å²) in [5.74, 6) is 0.930. The lowest BCUT2D eigenvalue weighted by Crippen LogP contribution is -2.62. The van der Waals surface area contributed by atoms with Crippen LogP contribution >= 0.6 is 0 Å². The number of Topliss-reactive ketones (excluding diaryl/α,β-unsaturated/α-hetero) is 2. The molecule has 1 spiro atoms. The molecule has 0 unspecified atom stereocenters. The van der Waals surface area contributed by atoms with E-state index >= 15 is 0 Å². The third-order valence-corrected chi connectivity index (χ3v) is 9.95. The van der Waals surface area contributed by atoms with Crippen LogP contribution in [0.2, 0.25) is 0 Å². The molecule has 0 radical (unpaired) electrons. The van der Waals surface area contributed by atoms with Crippen LogP contribution in [-0.2, 0) is 9.59 Å². The van der Waals surface area contributed by atoms with Gasteiger partial charge in [0, 0.05) is 29.2 Å². The Labute approximate surface area is 186 Å². The minimum atomic E-state index is -1.01. The summed E-state index contributed by atoms with van der Waals surface area (Å²) in [4.78, 5) is 27.2. The van der Waals surface area contributed by atoms with Gasteiger partial charge in [0.1, 0.15) is 5.78 Å². The first-order valence-corrected chi connectivity index (χ1v) is 12.1. The molecule has 0 saturated heterocycles. The smallest absolute Gasteiger partial charge is 0.160 e. The van der Waals surface area contributed by atoms with Gasteiger partial charge in [0.15, 0.2) is 5.78 Å². The number of ketones is 2. The molecule has 0 bridgehead atoms. The molecule has 0 aromatic rings. The number of aliphatic hydroxyl groups excluding tert-OH is 2. The minimum absolute atomic E-state index is 0.0176. The third-order valence-electron chi connectivity index (χ3n) is 9.95. The molecule has 0 amide bonds. The fourth-order valence-electron chi connectivity index (χ4n) is 8.38. The van der Waals surface area contributed by atoms with Crippen LogP contribution in [0.15, 0.2) is 11.6 Å². The number of carbonyl (C=O) groups is 2. The summed E-state index contributed by atoms with van der Waals surface area (Å²) in [6.45, 7) is 10.2. The molecule has 0 heterocycles. The van der Waals surface area contributed by atoms with E-state index in [1.807, 2.05) is 20.8 Å². The molecule has 8 atom stereocenters. The van der Waals surface area contributed by atoms with E-state index in [2.05, 4.69) is 13.8 Å². The van der Waals surface area contributed by atoms with Gasteiger partial charge in [0.05, 0.1) is 17.8 Å². The normalized spacial score (nSPS) is 46.1. The molecule has 4 aliphatic rings. The molecule has 5 heteroatoms. The van der Waals surface area contributed by atoms with Gasteiger partial charge in [-0.2, -0.15) is 0 Å². The molecule has 4 aliphatic carbocycles. The largest absolute Gasteiger partial charge is 0.390 e. The van der Waals surface area contributed by atoms with Crippen LogP contribution in [0.3, 0.4) is 0 Å². The van der Waals surface area contributed by atoms with Gasteiger partial charge >= 0.3 is 0 Å². The summed E-state index contributed by atoms with van der Waals surface area (Å²) in [5.41, 5.74) is -1.57. The van der Waals surface area contributed by atoms with Crippen molar-refractivity contribution in [3.63, 3.8) is 0 Å². The number of allylic oxidation sites excluding steroid dienone is 1. The first-order valence-electron chi connectivity index (χ1n) is 12.1. The van der Waals surface area contributed by atoms with Crippen LogP contribution < -0.4 is 0 Å². The molecule has 0 aromatic heterocycles. The van der Waals surface area contributed by atoms with E-state index in [-0.39, 0.29) is 29.3 Å². The average molecular weight is 433 g/mol. The summed E-state index contributed by atoms with van der Waals surface area (Å²) in [6.07, 6.45) is 5.01. The zero-order valence-electron chi connectivity index (χ0n) is 19.8. The van der Waals surface area contributed by atoms with Crippen molar-refractivity contribution in [3.05, 3.63) is 11.6 Å². The van der Waals surface area contributed by atoms with Gasteiger partial charge in [-0.15, -0.1) is 0 Å². The number of hydrogen-bond donors (Lipinski definition) is 3. The Hall–Kier alpha value is -1.04. The van der Waals surface area contributed by atoms with Gasteiger partial charge in [-0.1, -0.05) is 20.8 Å². The summed E-state index contributed by atoms with van der Waals surface area (Å²) in [5, 5.41) is 30.9. The lowest BCUT2D eigenvalue weighted by molar-refractivity contribution is -0.168. The predicted octanol–water partition coefficient (Wildman–Crippen LogP) is 3.59. The van der Waals surface area contributed by atoms with Crippen LogP contribution in [0.1, 0.15) is 86.0 Å². The standard InChI is InChI=1S/C26H40O5/c1-15(8-10-23(2,3)31)16-6-7-22(30)26-14-19(28)17-12-18(27)20(29)13-24(17,4)21(26)9-11-25(16,26)5/h12,15-16,18,20-21,27,29,31H,6-11,13-14H2,1-5H3/t15-,16-,18+,20-,21-,24+,25-,26+/m1/s1. The van der Waals surface area contributed by atoms with Gasteiger partial charge in [-0.3, -0.25) is 9.59 Å². The van der Waals surface area contributed by atoms with E-state index in [1.165, 1.54) is 0 Å². The van der Waals surface area contributed by atoms with Crippen LogP contribution in [0, 0.1) is 34.0 Å². The molecule has 3 N–H and O–H groups in total. The summed E-state index contributed by atoms with van der Waals surface area (Å²) in [6, 6.07) is 0. The SMILES string of the molecule is C[C@H](CCC(C)(C)O)[C@H]1CCC(=O)[C@]23CC(=O)C4=C[C@H](O)[C@H](O)C[C@]4(C)[C@H]2CC[C@]13C. The van der Waals surface area contributed by atoms with Crippen molar-refractivity contribution in [2.75, 3.05) is 0 Å². The van der Waals surface area contributed by atoms with E-state index in [0.29, 0.717) is 30.3 Å². The Bertz CT molecular complexity index is 809. The highest BCUT2D eigenvalue weighted by atomic mass is 16.3. The average Bonchev–Trinajstić information content (AvgIpc) is 2.97. The second-order valence-electron chi connectivity index (χ2n) is 12.2. The van der Waals surface area contributed by atoms with Gasteiger partial charge < -0.3 is 15.3 Å².